The van der Waals surface area contributed by atoms with Crippen LogP contribution in [0.1, 0.15) is 16.1 Å². The second-order valence-corrected chi connectivity index (χ2v) is 4.84. The van der Waals surface area contributed by atoms with Gasteiger partial charge in [-0.2, -0.15) is 0 Å². The predicted molar refractivity (Wildman–Crippen MR) is 88.9 cm³/mol. The lowest BCUT2D eigenvalue weighted by molar-refractivity contribution is 0.0698. The average Bonchev–Trinajstić information content (AvgIpc) is 2.87. The molecule has 0 aliphatic heterocycles. The molecule has 1 aromatic heterocycles. The van der Waals surface area contributed by atoms with E-state index in [1.807, 2.05) is 37.3 Å². The smallest absolute Gasteiger partial charge is 0.337 e. The van der Waals surface area contributed by atoms with Crippen LogP contribution in [0.4, 0.5) is 5.69 Å². The second kappa shape index (κ2) is 7.13. The lowest BCUT2D eigenvalue weighted by atomic mass is 10.2. The molecule has 0 fully saturated rings. The van der Waals surface area contributed by atoms with Gasteiger partial charge in [-0.3, -0.25) is 9.89 Å². The summed E-state index contributed by atoms with van der Waals surface area (Å²) in [6.07, 6.45) is 0. The highest BCUT2D eigenvalue weighted by Crippen LogP contribution is 2.09. The summed E-state index contributed by atoms with van der Waals surface area (Å²) in [5, 5.41) is 11.5. The number of para-hydroxylation sites is 2. The van der Waals surface area contributed by atoms with Crippen molar-refractivity contribution < 1.29 is 9.90 Å². The number of nitrogens with two attached hydrogens (primary N) is 1. The van der Waals surface area contributed by atoms with E-state index in [1.54, 1.807) is 24.3 Å². The van der Waals surface area contributed by atoms with Crippen molar-refractivity contribution in [2.75, 3.05) is 5.73 Å². The molecule has 0 atom stereocenters. The fourth-order valence-electron chi connectivity index (χ4n) is 1.97. The van der Waals surface area contributed by atoms with Crippen molar-refractivity contribution in [2.45, 2.75) is 6.92 Å². The zero-order valence-corrected chi connectivity index (χ0v) is 12.6. The summed E-state index contributed by atoms with van der Waals surface area (Å²) in [6.45, 7) is 1.86. The maximum absolute atomic E-state index is 11.4. The van der Waals surface area contributed by atoms with E-state index in [2.05, 4.69) is 5.10 Å². The maximum atomic E-state index is 11.4. The highest BCUT2D eigenvalue weighted by Gasteiger charge is 2.04. The minimum atomic E-state index is -0.988. The molecule has 0 aliphatic carbocycles. The number of carboxylic acids is 1. The SMILES string of the molecule is Cc1cc(=O)n(-c2ccccc2)[nH]1.Nc1ccccc1C(=O)O. The molecule has 0 spiro atoms. The van der Waals surface area contributed by atoms with Crippen LogP contribution in [0.3, 0.4) is 0 Å². The fraction of sp³-hybridized carbons (Fsp3) is 0.0588. The minimum Gasteiger partial charge on any atom is -0.478 e. The maximum Gasteiger partial charge on any atom is 0.337 e. The summed E-state index contributed by atoms with van der Waals surface area (Å²) >= 11 is 0. The van der Waals surface area contributed by atoms with Gasteiger partial charge in [0.25, 0.3) is 5.56 Å². The molecular formula is C17H17N3O3. The molecule has 0 aliphatic rings. The van der Waals surface area contributed by atoms with Crippen LogP contribution in [-0.4, -0.2) is 20.9 Å². The van der Waals surface area contributed by atoms with Gasteiger partial charge in [0.05, 0.1) is 11.3 Å². The molecule has 2 aromatic carbocycles. The van der Waals surface area contributed by atoms with E-state index in [4.69, 9.17) is 10.8 Å². The molecule has 6 heteroatoms. The van der Waals surface area contributed by atoms with Crippen molar-refractivity contribution in [3.63, 3.8) is 0 Å². The summed E-state index contributed by atoms with van der Waals surface area (Å²) in [4.78, 5) is 21.7. The Labute approximate surface area is 132 Å². The number of nitrogen functional groups attached to an aromatic ring is 1. The lowest BCUT2D eigenvalue weighted by Gasteiger charge is -1.99. The van der Waals surface area contributed by atoms with E-state index < -0.39 is 5.97 Å². The first kappa shape index (κ1) is 16.1. The van der Waals surface area contributed by atoms with Crippen molar-refractivity contribution in [1.29, 1.82) is 0 Å². The van der Waals surface area contributed by atoms with Gasteiger partial charge in [0.1, 0.15) is 0 Å². The third-order valence-corrected chi connectivity index (χ3v) is 3.05. The van der Waals surface area contributed by atoms with Crippen LogP contribution in [0.2, 0.25) is 0 Å². The number of anilines is 1. The number of carboxylic acid groups (broad SMARTS) is 1. The molecule has 23 heavy (non-hydrogen) atoms. The monoisotopic (exact) mass is 311 g/mol. The number of aromatic nitrogens is 2. The molecule has 0 saturated heterocycles. The number of rotatable bonds is 2. The van der Waals surface area contributed by atoms with Gasteiger partial charge in [-0.15, -0.1) is 0 Å². The van der Waals surface area contributed by atoms with Crippen molar-refractivity contribution in [3.8, 4) is 5.69 Å². The third-order valence-electron chi connectivity index (χ3n) is 3.05. The molecule has 0 radical (unpaired) electrons. The van der Waals surface area contributed by atoms with Gasteiger partial charge in [0, 0.05) is 17.4 Å². The van der Waals surface area contributed by atoms with Crippen LogP contribution in [0.15, 0.2) is 65.5 Å². The number of carbonyl (C=O) groups is 1. The van der Waals surface area contributed by atoms with Gasteiger partial charge in [-0.25, -0.2) is 9.48 Å². The van der Waals surface area contributed by atoms with E-state index in [9.17, 15) is 9.59 Å². The summed E-state index contributed by atoms with van der Waals surface area (Å²) in [5.74, 6) is -0.988. The number of aromatic amines is 1. The molecular weight excluding hydrogens is 294 g/mol. The number of benzene rings is 2. The molecule has 3 rings (SSSR count). The Kier molecular flexibility index (Phi) is 4.99. The molecule has 4 N–H and O–H groups in total. The molecule has 0 bridgehead atoms. The second-order valence-electron chi connectivity index (χ2n) is 4.84. The Morgan fingerprint density at radius 3 is 2.17 bits per heavy atom. The van der Waals surface area contributed by atoms with Crippen LogP contribution < -0.4 is 11.3 Å². The van der Waals surface area contributed by atoms with E-state index in [0.29, 0.717) is 5.69 Å². The fourth-order valence-corrected chi connectivity index (χ4v) is 1.97. The van der Waals surface area contributed by atoms with Crippen LogP contribution >= 0.6 is 0 Å². The van der Waals surface area contributed by atoms with E-state index >= 15 is 0 Å². The first-order chi connectivity index (χ1) is 11.0. The number of H-pyrrole nitrogens is 1. The lowest BCUT2D eigenvalue weighted by Crippen LogP contribution is -2.12. The topological polar surface area (TPSA) is 101 Å². The Morgan fingerprint density at radius 1 is 1.09 bits per heavy atom. The van der Waals surface area contributed by atoms with Crippen molar-refractivity contribution >= 4 is 11.7 Å². The van der Waals surface area contributed by atoms with Gasteiger partial charge in [-0.05, 0) is 31.2 Å². The molecule has 118 valence electrons. The van der Waals surface area contributed by atoms with Crippen LogP contribution in [0, 0.1) is 6.92 Å². The molecule has 1 heterocycles. The van der Waals surface area contributed by atoms with E-state index in [1.165, 1.54) is 10.7 Å². The van der Waals surface area contributed by atoms with Gasteiger partial charge < -0.3 is 10.8 Å². The molecule has 0 saturated carbocycles. The van der Waals surface area contributed by atoms with Gasteiger partial charge in [0.15, 0.2) is 0 Å². The number of nitrogens with zero attached hydrogens (tertiary/aromatic N) is 1. The normalized spacial score (nSPS) is 9.78. The van der Waals surface area contributed by atoms with E-state index in [0.717, 1.165) is 11.4 Å². The summed E-state index contributed by atoms with van der Waals surface area (Å²) in [7, 11) is 0. The van der Waals surface area contributed by atoms with Crippen LogP contribution in [0.5, 0.6) is 0 Å². The Balaban J connectivity index is 0.000000174. The standard InChI is InChI=1S/C10H10N2O.C7H7NO2/c1-8-7-10(13)12(11-8)9-5-3-2-4-6-9;8-6-4-2-1-3-5(6)7(9)10/h2-7,11H,1H3;1-4H,8H2,(H,9,10). The highest BCUT2D eigenvalue weighted by molar-refractivity contribution is 5.93. The number of hydrogen-bond donors (Lipinski definition) is 3. The zero-order chi connectivity index (χ0) is 16.8. The van der Waals surface area contributed by atoms with Crippen LogP contribution in [-0.2, 0) is 0 Å². The molecule has 0 unspecified atom stereocenters. The highest BCUT2D eigenvalue weighted by atomic mass is 16.4. The molecule has 3 aromatic rings. The predicted octanol–water partition coefficient (Wildman–Crippen LogP) is 2.44. The van der Waals surface area contributed by atoms with Crippen LogP contribution in [0.25, 0.3) is 5.69 Å². The van der Waals surface area contributed by atoms with Gasteiger partial charge in [0.2, 0.25) is 0 Å². The summed E-state index contributed by atoms with van der Waals surface area (Å²) < 4.78 is 1.52. The van der Waals surface area contributed by atoms with E-state index in [-0.39, 0.29) is 11.1 Å². The first-order valence-corrected chi connectivity index (χ1v) is 6.91. The average molecular weight is 311 g/mol. The summed E-state index contributed by atoms with van der Waals surface area (Å²) in [5.41, 5.74) is 7.50. The quantitative estimate of drug-likeness (QED) is 0.633. The third kappa shape index (κ3) is 4.10. The number of aryl methyl sites for hydroxylation is 1. The Bertz CT molecular complexity index is 851. The van der Waals surface area contributed by atoms with Crippen molar-refractivity contribution in [1.82, 2.24) is 9.78 Å². The molecule has 0 amide bonds. The van der Waals surface area contributed by atoms with Gasteiger partial charge >= 0.3 is 5.97 Å². The Hall–Kier alpha value is -3.28. The summed E-state index contributed by atoms with van der Waals surface area (Å²) in [6, 6.07) is 17.4. The first-order valence-electron chi connectivity index (χ1n) is 6.91. The van der Waals surface area contributed by atoms with Gasteiger partial charge in [-0.1, -0.05) is 30.3 Å². The largest absolute Gasteiger partial charge is 0.478 e. The minimum absolute atomic E-state index is 0.0244. The number of nitrogens with one attached hydrogen (secondary N) is 1. The van der Waals surface area contributed by atoms with Crippen molar-refractivity contribution in [2.24, 2.45) is 0 Å². The number of hydrogen-bond acceptors (Lipinski definition) is 3. The zero-order valence-electron chi connectivity index (χ0n) is 12.6. The van der Waals surface area contributed by atoms with Crippen molar-refractivity contribution in [3.05, 3.63) is 82.3 Å². The Morgan fingerprint density at radius 2 is 1.70 bits per heavy atom. The number of aromatic carboxylic acids is 1. The molecule has 6 nitrogen and oxygen atoms in total.